The summed E-state index contributed by atoms with van der Waals surface area (Å²) in [6.07, 6.45) is 0. The van der Waals surface area contributed by atoms with Crippen LogP contribution in [0.2, 0.25) is 0 Å². The summed E-state index contributed by atoms with van der Waals surface area (Å²) in [5.74, 6) is -0.100. The third-order valence-corrected chi connectivity index (χ3v) is 4.79. The lowest BCUT2D eigenvalue weighted by Crippen LogP contribution is -2.22. The number of anilines is 1. The van der Waals surface area contributed by atoms with Gasteiger partial charge >= 0.3 is 0 Å². The van der Waals surface area contributed by atoms with E-state index in [4.69, 9.17) is 5.73 Å². The van der Waals surface area contributed by atoms with Crippen LogP contribution in [-0.4, -0.2) is 12.5 Å². The van der Waals surface area contributed by atoms with Crippen LogP contribution < -0.4 is 11.1 Å². The van der Waals surface area contributed by atoms with Gasteiger partial charge < -0.3 is 11.1 Å². The van der Waals surface area contributed by atoms with Crippen molar-refractivity contribution in [3.63, 3.8) is 0 Å². The van der Waals surface area contributed by atoms with Gasteiger partial charge in [0, 0.05) is 32.1 Å². The average molecular weight is 351 g/mol. The van der Waals surface area contributed by atoms with Gasteiger partial charge in [-0.15, -0.1) is 0 Å². The zero-order valence-electron chi connectivity index (χ0n) is 11.0. The fourth-order valence-corrected chi connectivity index (χ4v) is 3.08. The van der Waals surface area contributed by atoms with Crippen LogP contribution in [0.5, 0.6) is 0 Å². The molecule has 0 fully saturated rings. The molecule has 0 saturated carbocycles. The highest BCUT2D eigenvalue weighted by Crippen LogP contribution is 2.36. The number of hydrogen-bond donors (Lipinski definition) is 2. The second kappa shape index (κ2) is 6.81. The van der Waals surface area contributed by atoms with Gasteiger partial charge in [0.2, 0.25) is 0 Å². The van der Waals surface area contributed by atoms with Gasteiger partial charge in [-0.1, -0.05) is 23.9 Å². The number of benzene rings is 2. The molecule has 20 heavy (non-hydrogen) atoms. The first-order valence-electron chi connectivity index (χ1n) is 6.22. The molecule has 0 spiro atoms. The minimum atomic E-state index is -0.100. The molecule has 0 bridgehead atoms. The van der Waals surface area contributed by atoms with E-state index in [0.717, 1.165) is 14.3 Å². The van der Waals surface area contributed by atoms with Crippen LogP contribution in [0, 0.1) is 0 Å². The molecule has 0 unspecified atom stereocenters. The number of halogens is 1. The predicted molar refractivity (Wildman–Crippen MR) is 87.1 cm³/mol. The molecule has 104 valence electrons. The van der Waals surface area contributed by atoms with E-state index in [9.17, 15) is 4.79 Å². The van der Waals surface area contributed by atoms with E-state index in [1.165, 1.54) is 0 Å². The fraction of sp³-hybridized carbons (Fsp3) is 0.133. The Balaban J connectivity index is 2.22. The van der Waals surface area contributed by atoms with E-state index in [2.05, 4.69) is 21.2 Å². The highest BCUT2D eigenvalue weighted by molar-refractivity contribution is 9.10. The molecule has 0 aliphatic heterocycles. The van der Waals surface area contributed by atoms with Gasteiger partial charge in [-0.2, -0.15) is 0 Å². The molecule has 3 N–H and O–H groups in total. The summed E-state index contributed by atoms with van der Waals surface area (Å²) in [6, 6.07) is 13.3. The van der Waals surface area contributed by atoms with Gasteiger partial charge in [0.1, 0.15) is 0 Å². The summed E-state index contributed by atoms with van der Waals surface area (Å²) in [5, 5.41) is 2.76. The van der Waals surface area contributed by atoms with E-state index in [0.29, 0.717) is 17.8 Å². The standard InChI is InChI=1S/C15H15BrN2OS/c1-2-18-15(19)10-7-8-14(12(17)9-10)20-13-6-4-3-5-11(13)16/h3-9H,2,17H2,1H3,(H,18,19). The maximum absolute atomic E-state index is 11.7. The van der Waals surface area contributed by atoms with Crippen molar-refractivity contribution >= 4 is 39.3 Å². The van der Waals surface area contributed by atoms with E-state index >= 15 is 0 Å². The maximum atomic E-state index is 11.7. The molecule has 2 rings (SSSR count). The second-order valence-electron chi connectivity index (χ2n) is 4.14. The van der Waals surface area contributed by atoms with Gasteiger partial charge in [0.25, 0.3) is 5.91 Å². The molecule has 0 heterocycles. The average Bonchev–Trinajstić information content (AvgIpc) is 2.43. The lowest BCUT2D eigenvalue weighted by atomic mass is 10.2. The number of hydrogen-bond acceptors (Lipinski definition) is 3. The molecule has 0 aliphatic rings. The Kier molecular flexibility index (Phi) is 5.09. The quantitative estimate of drug-likeness (QED) is 0.821. The number of rotatable bonds is 4. The summed E-state index contributed by atoms with van der Waals surface area (Å²) >= 11 is 5.08. The molecular formula is C15H15BrN2OS. The Morgan fingerprint density at radius 2 is 2.00 bits per heavy atom. The van der Waals surface area contributed by atoms with E-state index < -0.39 is 0 Å². The fourth-order valence-electron chi connectivity index (χ4n) is 1.69. The van der Waals surface area contributed by atoms with Crippen molar-refractivity contribution in [3.05, 3.63) is 52.5 Å². The molecule has 1 amide bonds. The summed E-state index contributed by atoms with van der Waals surface area (Å²) in [6.45, 7) is 2.49. The van der Waals surface area contributed by atoms with Crippen molar-refractivity contribution in [3.8, 4) is 0 Å². The highest BCUT2D eigenvalue weighted by atomic mass is 79.9. The molecule has 2 aromatic carbocycles. The van der Waals surface area contributed by atoms with Gasteiger partial charge in [-0.25, -0.2) is 0 Å². The van der Waals surface area contributed by atoms with Crippen molar-refractivity contribution < 1.29 is 4.79 Å². The molecule has 0 saturated heterocycles. The van der Waals surface area contributed by atoms with Crippen LogP contribution in [0.3, 0.4) is 0 Å². The summed E-state index contributed by atoms with van der Waals surface area (Å²) in [5.41, 5.74) is 7.23. The van der Waals surface area contributed by atoms with Crippen LogP contribution >= 0.6 is 27.7 Å². The molecule has 0 aliphatic carbocycles. The lowest BCUT2D eigenvalue weighted by molar-refractivity contribution is 0.0956. The smallest absolute Gasteiger partial charge is 0.251 e. The Labute approximate surface area is 131 Å². The SMILES string of the molecule is CCNC(=O)c1ccc(Sc2ccccc2Br)c(N)c1. The van der Waals surface area contributed by atoms with Gasteiger partial charge in [0.05, 0.1) is 0 Å². The number of nitrogen functional groups attached to an aromatic ring is 1. The zero-order chi connectivity index (χ0) is 14.5. The number of carbonyl (C=O) groups excluding carboxylic acids is 1. The summed E-state index contributed by atoms with van der Waals surface area (Å²) in [4.78, 5) is 13.8. The molecule has 2 aromatic rings. The zero-order valence-corrected chi connectivity index (χ0v) is 13.4. The Bertz CT molecular complexity index is 631. The van der Waals surface area contributed by atoms with Crippen LogP contribution in [0.15, 0.2) is 56.7 Å². The van der Waals surface area contributed by atoms with Crippen LogP contribution in [0.1, 0.15) is 17.3 Å². The minimum Gasteiger partial charge on any atom is -0.398 e. The van der Waals surface area contributed by atoms with Crippen molar-refractivity contribution in [1.29, 1.82) is 0 Å². The number of nitrogens with one attached hydrogen (secondary N) is 1. The number of amides is 1. The van der Waals surface area contributed by atoms with Crippen molar-refractivity contribution in [2.24, 2.45) is 0 Å². The third-order valence-electron chi connectivity index (χ3n) is 2.67. The van der Waals surface area contributed by atoms with E-state index in [1.54, 1.807) is 23.9 Å². The molecular weight excluding hydrogens is 336 g/mol. The monoisotopic (exact) mass is 350 g/mol. The highest BCUT2D eigenvalue weighted by Gasteiger charge is 2.09. The first kappa shape index (κ1) is 14.9. The number of carbonyl (C=O) groups is 1. The molecule has 0 aromatic heterocycles. The van der Waals surface area contributed by atoms with Gasteiger partial charge in [-0.05, 0) is 53.2 Å². The van der Waals surface area contributed by atoms with Crippen molar-refractivity contribution in [2.45, 2.75) is 16.7 Å². The topological polar surface area (TPSA) is 55.1 Å². The lowest BCUT2D eigenvalue weighted by Gasteiger charge is -2.09. The third kappa shape index (κ3) is 3.55. The van der Waals surface area contributed by atoms with Gasteiger partial charge in [0.15, 0.2) is 0 Å². The first-order valence-corrected chi connectivity index (χ1v) is 7.83. The summed E-state index contributed by atoms with van der Waals surface area (Å²) in [7, 11) is 0. The van der Waals surface area contributed by atoms with E-state index in [1.807, 2.05) is 37.3 Å². The first-order chi connectivity index (χ1) is 9.61. The predicted octanol–water partition coefficient (Wildman–Crippen LogP) is 3.93. The Morgan fingerprint density at radius 1 is 1.25 bits per heavy atom. The minimum absolute atomic E-state index is 0.100. The molecule has 5 heteroatoms. The Hall–Kier alpha value is -1.46. The maximum Gasteiger partial charge on any atom is 0.251 e. The van der Waals surface area contributed by atoms with Crippen LogP contribution in [0.25, 0.3) is 0 Å². The van der Waals surface area contributed by atoms with Crippen molar-refractivity contribution in [1.82, 2.24) is 5.32 Å². The van der Waals surface area contributed by atoms with Crippen LogP contribution in [0.4, 0.5) is 5.69 Å². The van der Waals surface area contributed by atoms with E-state index in [-0.39, 0.29) is 5.91 Å². The summed E-state index contributed by atoms with van der Waals surface area (Å²) < 4.78 is 1.03. The normalized spacial score (nSPS) is 10.3. The molecule has 3 nitrogen and oxygen atoms in total. The Morgan fingerprint density at radius 3 is 2.65 bits per heavy atom. The second-order valence-corrected chi connectivity index (χ2v) is 6.08. The number of nitrogens with two attached hydrogens (primary N) is 1. The van der Waals surface area contributed by atoms with Gasteiger partial charge in [-0.3, -0.25) is 4.79 Å². The molecule has 0 radical (unpaired) electrons. The molecule has 0 atom stereocenters. The largest absolute Gasteiger partial charge is 0.398 e. The van der Waals surface area contributed by atoms with Crippen LogP contribution in [-0.2, 0) is 0 Å². The van der Waals surface area contributed by atoms with Crippen molar-refractivity contribution in [2.75, 3.05) is 12.3 Å².